The van der Waals surface area contributed by atoms with E-state index in [0.29, 0.717) is 53.8 Å². The molecule has 2 fully saturated rings. The third-order valence-electron chi connectivity index (χ3n) is 7.49. The standard InChI is InChI=1S/C26H35N7O4/c1-30-21-17-27-25(29-23(21)33(26(30)35)19-6-4-5-7-19)28-20-9-8-18(16-22(20)37-3)24(34)32-12-10-31(11-13-32)14-15-36-2/h8-9,16-17,19H,4-7,10-15H2,1-3H3,(H,27,28,29). The minimum atomic E-state index is -0.0617. The Kier molecular flexibility index (Phi) is 7.43. The third kappa shape index (κ3) is 5.05. The maximum Gasteiger partial charge on any atom is 0.330 e. The first-order chi connectivity index (χ1) is 18.0. The second-order valence-electron chi connectivity index (χ2n) is 9.72. The number of fused-ring (bicyclic) bond motifs is 1. The first kappa shape index (κ1) is 25.2. The van der Waals surface area contributed by atoms with Crippen molar-refractivity contribution in [3.05, 3.63) is 40.4 Å². The number of rotatable bonds is 8. The second-order valence-corrected chi connectivity index (χ2v) is 9.72. The first-order valence-electron chi connectivity index (χ1n) is 12.9. The van der Waals surface area contributed by atoms with Crippen LogP contribution >= 0.6 is 0 Å². The Morgan fingerprint density at radius 1 is 1.14 bits per heavy atom. The zero-order chi connectivity index (χ0) is 25.9. The average molecular weight is 510 g/mol. The Balaban J connectivity index is 1.34. The molecule has 1 N–H and O–H groups in total. The number of imidazole rings is 1. The van der Waals surface area contributed by atoms with Crippen LogP contribution in [-0.4, -0.2) is 88.4 Å². The molecule has 11 heteroatoms. The number of piperazine rings is 1. The molecule has 0 atom stereocenters. The van der Waals surface area contributed by atoms with E-state index in [1.54, 1.807) is 44.2 Å². The maximum atomic E-state index is 13.1. The molecular weight excluding hydrogens is 474 g/mol. The van der Waals surface area contributed by atoms with Crippen molar-refractivity contribution in [2.24, 2.45) is 7.05 Å². The molecule has 1 saturated carbocycles. The van der Waals surface area contributed by atoms with Gasteiger partial charge in [0, 0.05) is 58.5 Å². The van der Waals surface area contributed by atoms with Gasteiger partial charge in [-0.05, 0) is 31.0 Å². The van der Waals surface area contributed by atoms with E-state index in [4.69, 9.17) is 14.5 Å². The van der Waals surface area contributed by atoms with Crippen molar-refractivity contribution in [2.45, 2.75) is 31.7 Å². The largest absolute Gasteiger partial charge is 0.495 e. The summed E-state index contributed by atoms with van der Waals surface area (Å²) in [6.07, 6.45) is 5.88. The Hall–Kier alpha value is -3.44. The van der Waals surface area contributed by atoms with Crippen LogP contribution in [0.3, 0.4) is 0 Å². The highest BCUT2D eigenvalue weighted by Crippen LogP contribution is 2.32. The van der Waals surface area contributed by atoms with E-state index < -0.39 is 0 Å². The summed E-state index contributed by atoms with van der Waals surface area (Å²) in [5.74, 6) is 0.878. The number of nitrogens with zero attached hydrogens (tertiary/aromatic N) is 6. The van der Waals surface area contributed by atoms with Crippen LogP contribution in [0.25, 0.3) is 11.2 Å². The summed E-state index contributed by atoms with van der Waals surface area (Å²) in [7, 11) is 5.03. The van der Waals surface area contributed by atoms with Gasteiger partial charge < -0.3 is 19.7 Å². The van der Waals surface area contributed by atoms with Crippen molar-refractivity contribution in [2.75, 3.05) is 58.9 Å². The van der Waals surface area contributed by atoms with E-state index in [0.717, 1.165) is 45.3 Å². The van der Waals surface area contributed by atoms with Gasteiger partial charge in [-0.3, -0.25) is 18.8 Å². The van der Waals surface area contributed by atoms with Crippen LogP contribution in [0.5, 0.6) is 5.75 Å². The summed E-state index contributed by atoms with van der Waals surface area (Å²) in [6, 6.07) is 5.52. The summed E-state index contributed by atoms with van der Waals surface area (Å²) in [5.41, 5.74) is 2.49. The number of carbonyl (C=O) groups excluding carboxylic acids is 1. The minimum Gasteiger partial charge on any atom is -0.495 e. The molecule has 37 heavy (non-hydrogen) atoms. The molecule has 0 unspecified atom stereocenters. The average Bonchev–Trinajstić information content (AvgIpc) is 3.54. The molecule has 1 aromatic carbocycles. The lowest BCUT2D eigenvalue weighted by atomic mass is 10.1. The number of nitrogens with one attached hydrogen (secondary N) is 1. The zero-order valence-corrected chi connectivity index (χ0v) is 21.8. The van der Waals surface area contributed by atoms with E-state index >= 15 is 0 Å². The van der Waals surface area contributed by atoms with E-state index in [9.17, 15) is 9.59 Å². The molecule has 11 nitrogen and oxygen atoms in total. The van der Waals surface area contributed by atoms with Crippen molar-refractivity contribution in [3.63, 3.8) is 0 Å². The normalized spacial score (nSPS) is 17.0. The van der Waals surface area contributed by atoms with Crippen LogP contribution < -0.4 is 15.7 Å². The molecule has 0 bridgehead atoms. The highest BCUT2D eigenvalue weighted by molar-refractivity contribution is 5.95. The lowest BCUT2D eigenvalue weighted by Gasteiger charge is -2.34. The van der Waals surface area contributed by atoms with Crippen LogP contribution in [0.4, 0.5) is 11.6 Å². The van der Waals surface area contributed by atoms with Crippen LogP contribution in [0.1, 0.15) is 42.1 Å². The number of carbonyl (C=O) groups is 1. The smallest absolute Gasteiger partial charge is 0.330 e. The van der Waals surface area contributed by atoms with Gasteiger partial charge in [0.1, 0.15) is 11.3 Å². The fourth-order valence-corrected chi connectivity index (χ4v) is 5.31. The van der Waals surface area contributed by atoms with E-state index in [1.165, 1.54) is 0 Å². The minimum absolute atomic E-state index is 0.0150. The van der Waals surface area contributed by atoms with E-state index in [1.807, 2.05) is 15.5 Å². The molecule has 1 aliphatic heterocycles. The molecule has 3 aromatic rings. The van der Waals surface area contributed by atoms with Crippen molar-refractivity contribution >= 4 is 28.7 Å². The van der Waals surface area contributed by atoms with Gasteiger partial charge in [-0.1, -0.05) is 12.8 Å². The molecule has 3 heterocycles. The third-order valence-corrected chi connectivity index (χ3v) is 7.49. The number of aromatic nitrogens is 4. The number of ether oxygens (including phenoxy) is 2. The predicted octanol–water partition coefficient (Wildman–Crippen LogP) is 2.40. The van der Waals surface area contributed by atoms with Crippen molar-refractivity contribution in [1.82, 2.24) is 28.9 Å². The Morgan fingerprint density at radius 3 is 2.59 bits per heavy atom. The van der Waals surface area contributed by atoms with Crippen LogP contribution in [-0.2, 0) is 11.8 Å². The molecule has 1 aliphatic carbocycles. The first-order valence-corrected chi connectivity index (χ1v) is 12.9. The molecule has 2 aliphatic rings. The summed E-state index contributed by atoms with van der Waals surface area (Å²) in [5, 5.41) is 3.22. The number of hydrogen-bond acceptors (Lipinski definition) is 8. The van der Waals surface area contributed by atoms with Crippen molar-refractivity contribution in [1.29, 1.82) is 0 Å². The monoisotopic (exact) mass is 509 g/mol. The number of hydrogen-bond donors (Lipinski definition) is 1. The van der Waals surface area contributed by atoms with Gasteiger partial charge in [0.25, 0.3) is 5.91 Å². The fraction of sp³-hybridized carbons (Fsp3) is 0.538. The second kappa shape index (κ2) is 10.9. The molecule has 1 amide bonds. The number of methoxy groups -OCH3 is 2. The summed E-state index contributed by atoms with van der Waals surface area (Å²) < 4.78 is 14.2. The predicted molar refractivity (Wildman–Crippen MR) is 141 cm³/mol. The van der Waals surface area contributed by atoms with E-state index in [-0.39, 0.29) is 17.6 Å². The zero-order valence-electron chi connectivity index (χ0n) is 21.8. The summed E-state index contributed by atoms with van der Waals surface area (Å²) >= 11 is 0. The summed E-state index contributed by atoms with van der Waals surface area (Å²) in [4.78, 5) is 39.4. The molecule has 5 rings (SSSR count). The molecular formula is C26H35N7O4. The highest BCUT2D eigenvalue weighted by atomic mass is 16.5. The molecule has 2 aromatic heterocycles. The van der Waals surface area contributed by atoms with Crippen LogP contribution in [0.2, 0.25) is 0 Å². The van der Waals surface area contributed by atoms with Gasteiger partial charge >= 0.3 is 5.69 Å². The Bertz CT molecular complexity index is 1320. The van der Waals surface area contributed by atoms with Crippen LogP contribution in [0, 0.1) is 0 Å². The highest BCUT2D eigenvalue weighted by Gasteiger charge is 2.25. The lowest BCUT2D eigenvalue weighted by Crippen LogP contribution is -2.49. The van der Waals surface area contributed by atoms with Gasteiger partial charge in [0.05, 0.1) is 25.6 Å². The van der Waals surface area contributed by atoms with Gasteiger partial charge in [0.2, 0.25) is 5.95 Å². The molecule has 0 radical (unpaired) electrons. The number of benzene rings is 1. The number of amides is 1. The molecule has 0 spiro atoms. The number of anilines is 2. The van der Waals surface area contributed by atoms with E-state index in [2.05, 4.69) is 15.2 Å². The van der Waals surface area contributed by atoms with Crippen LogP contribution in [0.15, 0.2) is 29.2 Å². The van der Waals surface area contributed by atoms with Gasteiger partial charge in [-0.15, -0.1) is 0 Å². The Labute approximate surface area is 216 Å². The SMILES string of the molecule is COCCN1CCN(C(=O)c2ccc(Nc3ncc4c(n3)n(C3CCCC3)c(=O)n4C)c(OC)c2)CC1. The topological polar surface area (TPSA) is 107 Å². The maximum absolute atomic E-state index is 13.1. The Morgan fingerprint density at radius 2 is 1.89 bits per heavy atom. The van der Waals surface area contributed by atoms with Gasteiger partial charge in [-0.2, -0.15) is 4.98 Å². The molecule has 1 saturated heterocycles. The lowest BCUT2D eigenvalue weighted by molar-refractivity contribution is 0.0594. The van der Waals surface area contributed by atoms with Gasteiger partial charge in [-0.25, -0.2) is 9.78 Å². The van der Waals surface area contributed by atoms with Gasteiger partial charge in [0.15, 0.2) is 5.65 Å². The van der Waals surface area contributed by atoms with Crippen molar-refractivity contribution < 1.29 is 14.3 Å². The molecule has 198 valence electrons. The quantitative estimate of drug-likeness (QED) is 0.493. The fourth-order valence-electron chi connectivity index (χ4n) is 5.31. The van der Waals surface area contributed by atoms with Crippen molar-refractivity contribution in [3.8, 4) is 5.75 Å². The summed E-state index contributed by atoms with van der Waals surface area (Å²) in [6.45, 7) is 4.59. The number of aryl methyl sites for hydroxylation is 1.